The maximum Gasteiger partial charge on any atom is 0.397 e. The highest BCUT2D eigenvalue weighted by Gasteiger charge is 2.48. The molecule has 1 fully saturated rings. The predicted octanol–water partition coefficient (Wildman–Crippen LogP) is 8.38. The molecule has 0 saturated carbocycles. The number of carbonyl (C=O) groups excluding carboxylic acids is 1. The van der Waals surface area contributed by atoms with Crippen LogP contribution in [0.4, 0.5) is 0 Å². The van der Waals surface area contributed by atoms with Crippen molar-refractivity contribution >= 4 is 16.3 Å². The number of amides is 1. The van der Waals surface area contributed by atoms with Crippen molar-refractivity contribution in [2.75, 3.05) is 13.2 Å². The monoisotopic (exact) mass is 822 g/mol. The van der Waals surface area contributed by atoms with Gasteiger partial charge in [0, 0.05) is 6.42 Å². The number of rotatable bonds is 38. The Labute approximate surface area is 340 Å². The van der Waals surface area contributed by atoms with Crippen LogP contribution in [-0.4, -0.2) is 95.4 Å². The van der Waals surface area contributed by atoms with Crippen LogP contribution in [0.25, 0.3) is 0 Å². The molecule has 0 aromatic rings. The van der Waals surface area contributed by atoms with E-state index in [-0.39, 0.29) is 18.9 Å². The quantitative estimate of drug-likeness (QED) is 0.0199. The molecule has 1 amide bonds. The van der Waals surface area contributed by atoms with Crippen LogP contribution in [0.5, 0.6) is 0 Å². The van der Waals surface area contributed by atoms with E-state index in [1.54, 1.807) is 6.08 Å². The lowest BCUT2D eigenvalue weighted by atomic mass is 9.99. The lowest BCUT2D eigenvalue weighted by molar-refractivity contribution is -0.298. The third-order valence-corrected chi connectivity index (χ3v) is 11.3. The van der Waals surface area contributed by atoms with E-state index in [4.69, 9.17) is 14.0 Å². The number of ether oxygens (including phenoxy) is 2. The van der Waals surface area contributed by atoms with Crippen molar-refractivity contribution in [3.63, 3.8) is 0 Å². The molecule has 0 radical (unpaired) electrons. The van der Waals surface area contributed by atoms with Crippen molar-refractivity contribution in [3.8, 4) is 0 Å². The number of hydrogen-bond donors (Lipinski definition) is 6. The Morgan fingerprint density at radius 2 is 1.12 bits per heavy atom. The van der Waals surface area contributed by atoms with E-state index in [1.807, 2.05) is 6.08 Å². The first kappa shape index (κ1) is 52.9. The summed E-state index contributed by atoms with van der Waals surface area (Å²) in [4.78, 5) is 12.9. The van der Waals surface area contributed by atoms with Crippen molar-refractivity contribution in [2.45, 2.75) is 243 Å². The lowest BCUT2D eigenvalue weighted by Crippen LogP contribution is -2.61. The highest BCUT2D eigenvalue weighted by Crippen LogP contribution is 2.26. The highest BCUT2D eigenvalue weighted by atomic mass is 32.3. The fourth-order valence-corrected chi connectivity index (χ4v) is 7.79. The molecule has 0 aromatic heterocycles. The third kappa shape index (κ3) is 27.5. The highest BCUT2D eigenvalue weighted by molar-refractivity contribution is 7.80. The van der Waals surface area contributed by atoms with Gasteiger partial charge in [0.15, 0.2) is 6.29 Å². The van der Waals surface area contributed by atoms with Gasteiger partial charge in [-0.25, -0.2) is 4.18 Å². The second-order valence-electron chi connectivity index (χ2n) is 16.0. The van der Waals surface area contributed by atoms with Gasteiger partial charge >= 0.3 is 10.4 Å². The molecule has 1 saturated heterocycles. The number of aliphatic hydroxyl groups excluding tert-OH is 4. The molecule has 0 aromatic carbocycles. The van der Waals surface area contributed by atoms with Gasteiger partial charge in [0.2, 0.25) is 5.91 Å². The van der Waals surface area contributed by atoms with Crippen LogP contribution in [0, 0.1) is 0 Å². The van der Waals surface area contributed by atoms with E-state index in [9.17, 15) is 33.6 Å². The largest absolute Gasteiger partial charge is 0.397 e. The fourth-order valence-electron chi connectivity index (χ4n) is 7.28. The molecule has 1 aliphatic heterocycles. The number of aliphatic hydroxyl groups is 4. The van der Waals surface area contributed by atoms with Crippen molar-refractivity contribution < 1.29 is 51.8 Å². The summed E-state index contributed by atoms with van der Waals surface area (Å²) < 4.78 is 47.5. The number of carbonyl (C=O) groups is 1. The van der Waals surface area contributed by atoms with Crippen LogP contribution in [-0.2, 0) is 28.9 Å². The van der Waals surface area contributed by atoms with Gasteiger partial charge < -0.3 is 35.2 Å². The number of allylic oxidation sites excluding steroid dienone is 1. The molecule has 332 valence electrons. The molecule has 0 aliphatic carbocycles. The topological polar surface area (TPSA) is 192 Å². The summed E-state index contributed by atoms with van der Waals surface area (Å²) in [5.74, 6) is -0.265. The molecular weight excluding hydrogens is 739 g/mol. The molecule has 1 aliphatic rings. The van der Waals surface area contributed by atoms with Gasteiger partial charge in [-0.1, -0.05) is 187 Å². The molecule has 0 bridgehead atoms. The summed E-state index contributed by atoms with van der Waals surface area (Å²) in [6, 6.07) is -0.936. The Morgan fingerprint density at radius 3 is 1.55 bits per heavy atom. The number of nitrogens with one attached hydrogen (secondary N) is 1. The molecule has 1 heterocycles. The summed E-state index contributed by atoms with van der Waals surface area (Å²) in [6.07, 6.45) is 28.4. The number of unbranched alkanes of at least 4 members (excludes halogenated alkanes) is 26. The van der Waals surface area contributed by atoms with Gasteiger partial charge in [-0.3, -0.25) is 9.35 Å². The van der Waals surface area contributed by atoms with Crippen molar-refractivity contribution in [1.29, 1.82) is 0 Å². The van der Waals surface area contributed by atoms with Gasteiger partial charge in [0.1, 0.15) is 24.4 Å². The molecule has 56 heavy (non-hydrogen) atoms. The summed E-state index contributed by atoms with van der Waals surface area (Å²) >= 11 is 0. The predicted molar refractivity (Wildman–Crippen MR) is 222 cm³/mol. The lowest BCUT2D eigenvalue weighted by Gasteiger charge is -2.41. The summed E-state index contributed by atoms with van der Waals surface area (Å²) in [7, 11) is -5.08. The molecule has 12 nitrogen and oxygen atoms in total. The van der Waals surface area contributed by atoms with E-state index in [1.165, 1.54) is 135 Å². The standard InChI is InChI=1S/C43H83NO11S/c1-3-5-7-9-11-13-14-15-16-17-18-19-20-21-22-23-25-26-28-30-32-37(46)36(44-39(47)33-31-29-27-24-12-10-8-6-4-2)35-53-43-41(49)42(55-56(50,51)52)40(48)38(34-45)54-43/h30,32,36-38,40-43,45-46,48-49H,3-29,31,33-35H2,1-2H3,(H,44,47)(H,50,51,52)/b32-30+. The molecule has 13 heteroatoms. The van der Waals surface area contributed by atoms with E-state index < -0.39 is 59.9 Å². The van der Waals surface area contributed by atoms with E-state index in [2.05, 4.69) is 23.3 Å². The second-order valence-corrected chi connectivity index (χ2v) is 17.0. The molecule has 1 rings (SSSR count). The van der Waals surface area contributed by atoms with E-state index in [0.717, 1.165) is 38.5 Å². The minimum absolute atomic E-state index is 0.265. The van der Waals surface area contributed by atoms with Gasteiger partial charge in [-0.05, 0) is 19.3 Å². The zero-order valence-corrected chi connectivity index (χ0v) is 36.0. The second kappa shape index (κ2) is 34.7. The normalized spacial score (nSPS) is 21.4. The van der Waals surface area contributed by atoms with Gasteiger partial charge in [0.25, 0.3) is 0 Å². The molecule has 6 N–H and O–H groups in total. The summed E-state index contributed by atoms with van der Waals surface area (Å²) in [5.41, 5.74) is 0. The Balaban J connectivity index is 2.48. The van der Waals surface area contributed by atoms with Crippen LogP contribution in [0.15, 0.2) is 12.2 Å². The van der Waals surface area contributed by atoms with Crippen LogP contribution in [0.1, 0.15) is 200 Å². The van der Waals surface area contributed by atoms with Crippen molar-refractivity contribution in [2.24, 2.45) is 0 Å². The average Bonchev–Trinajstić information content (AvgIpc) is 3.16. The fraction of sp³-hybridized carbons (Fsp3) is 0.930. The van der Waals surface area contributed by atoms with Gasteiger partial charge in [-0.2, -0.15) is 8.42 Å². The minimum Gasteiger partial charge on any atom is -0.394 e. The summed E-state index contributed by atoms with van der Waals surface area (Å²) in [6.45, 7) is 3.36. The summed E-state index contributed by atoms with van der Waals surface area (Å²) in [5, 5.41) is 44.6. The first-order valence-electron chi connectivity index (χ1n) is 22.6. The smallest absolute Gasteiger partial charge is 0.394 e. The van der Waals surface area contributed by atoms with Crippen molar-refractivity contribution in [1.82, 2.24) is 5.32 Å². The Hall–Kier alpha value is -1.16. The Morgan fingerprint density at radius 1 is 0.696 bits per heavy atom. The van der Waals surface area contributed by atoms with Gasteiger partial charge in [-0.15, -0.1) is 0 Å². The van der Waals surface area contributed by atoms with E-state index >= 15 is 0 Å². The zero-order chi connectivity index (χ0) is 41.3. The Kier molecular flexibility index (Phi) is 32.7. The molecule has 7 atom stereocenters. The average molecular weight is 822 g/mol. The first-order valence-corrected chi connectivity index (χ1v) is 23.9. The minimum atomic E-state index is -5.08. The van der Waals surface area contributed by atoms with E-state index in [0.29, 0.717) is 6.42 Å². The molecular formula is C43H83NO11S. The molecule has 0 spiro atoms. The third-order valence-electron chi connectivity index (χ3n) is 10.8. The van der Waals surface area contributed by atoms with Crippen LogP contribution < -0.4 is 5.32 Å². The first-order chi connectivity index (χ1) is 27.0. The van der Waals surface area contributed by atoms with Crippen molar-refractivity contribution in [3.05, 3.63) is 12.2 Å². The zero-order valence-electron chi connectivity index (χ0n) is 35.2. The maximum absolute atomic E-state index is 12.9. The van der Waals surface area contributed by atoms with Crippen LogP contribution in [0.2, 0.25) is 0 Å². The maximum atomic E-state index is 12.9. The SMILES string of the molecule is CCCCCCCCCCCCCCCCCCCC/C=C/C(O)C(COC1OC(CO)C(O)C(OS(=O)(=O)O)C1O)NC(=O)CCCCCCCCCCC. The molecule has 7 unspecified atom stereocenters. The Bertz CT molecular complexity index is 1060. The van der Waals surface area contributed by atoms with Gasteiger partial charge in [0.05, 0.1) is 25.4 Å². The van der Waals surface area contributed by atoms with Crippen LogP contribution in [0.3, 0.4) is 0 Å². The van der Waals surface area contributed by atoms with Crippen LogP contribution >= 0.6 is 0 Å². The number of hydrogen-bond acceptors (Lipinski definition) is 10.